The number of benzene rings is 1. The lowest BCUT2D eigenvalue weighted by atomic mass is 10.2. The molecule has 0 fully saturated rings. The number of halogens is 3. The van der Waals surface area contributed by atoms with Crippen molar-refractivity contribution in [3.8, 4) is 0 Å². The lowest BCUT2D eigenvalue weighted by Gasteiger charge is -2.07. The summed E-state index contributed by atoms with van der Waals surface area (Å²) in [6, 6.07) is 4.13. The zero-order valence-electron chi connectivity index (χ0n) is 7.86. The maximum atomic E-state index is 13.1. The van der Waals surface area contributed by atoms with Gasteiger partial charge in [0, 0.05) is 24.0 Å². The summed E-state index contributed by atoms with van der Waals surface area (Å²) in [6.07, 6.45) is 0. The molecule has 1 aromatic rings. The zero-order valence-corrected chi connectivity index (χ0v) is 8.61. The Morgan fingerprint density at radius 1 is 1.43 bits per heavy atom. The fourth-order valence-corrected chi connectivity index (χ4v) is 1.20. The molecule has 1 nitrogen and oxygen atoms in total. The minimum atomic E-state index is -0.816. The minimum Gasteiger partial charge on any atom is -0.311 e. The van der Waals surface area contributed by atoms with Gasteiger partial charge in [-0.25, -0.2) is 8.78 Å². The lowest BCUT2D eigenvalue weighted by molar-refractivity contribution is 0.493. The summed E-state index contributed by atoms with van der Waals surface area (Å²) in [5, 5.41) is 2.91. The average molecular weight is 220 g/mol. The van der Waals surface area contributed by atoms with Crippen LogP contribution in [0.15, 0.2) is 18.2 Å². The molecule has 0 aromatic heterocycles. The third-order valence-corrected chi connectivity index (χ3v) is 1.93. The summed E-state index contributed by atoms with van der Waals surface area (Å²) in [6.45, 7) is 2.69. The van der Waals surface area contributed by atoms with E-state index >= 15 is 0 Å². The van der Waals surface area contributed by atoms with Crippen molar-refractivity contribution >= 4 is 11.6 Å². The molecule has 14 heavy (non-hydrogen) atoms. The van der Waals surface area contributed by atoms with Crippen molar-refractivity contribution in [1.82, 2.24) is 5.32 Å². The normalized spacial score (nSPS) is 12.9. The summed E-state index contributed by atoms with van der Waals surface area (Å²) < 4.78 is 25.8. The van der Waals surface area contributed by atoms with Crippen molar-refractivity contribution in [3.05, 3.63) is 35.4 Å². The number of hydrogen-bond acceptors (Lipinski definition) is 1. The van der Waals surface area contributed by atoms with Crippen LogP contribution in [0, 0.1) is 11.6 Å². The number of nitrogens with one attached hydrogen (secondary N) is 1. The van der Waals surface area contributed by atoms with Gasteiger partial charge in [-0.3, -0.25) is 0 Å². The molecule has 4 heteroatoms. The van der Waals surface area contributed by atoms with Gasteiger partial charge in [0.1, 0.15) is 0 Å². The van der Waals surface area contributed by atoms with Gasteiger partial charge in [-0.05, 0) is 13.0 Å². The van der Waals surface area contributed by atoms with Crippen LogP contribution in [-0.2, 0) is 6.54 Å². The maximum Gasteiger partial charge on any atom is 0.163 e. The molecule has 0 aliphatic heterocycles. The first-order valence-electron chi connectivity index (χ1n) is 4.39. The summed E-state index contributed by atoms with van der Waals surface area (Å²) >= 11 is 5.68. The van der Waals surface area contributed by atoms with Crippen LogP contribution in [0.5, 0.6) is 0 Å². The molecule has 0 bridgehead atoms. The largest absolute Gasteiger partial charge is 0.311 e. The Kier molecular flexibility index (Phi) is 4.29. The molecule has 1 unspecified atom stereocenters. The van der Waals surface area contributed by atoms with E-state index in [1.165, 1.54) is 6.07 Å². The van der Waals surface area contributed by atoms with Crippen molar-refractivity contribution in [2.75, 3.05) is 6.54 Å². The van der Waals surface area contributed by atoms with E-state index in [1.807, 2.05) is 6.92 Å². The van der Waals surface area contributed by atoms with Gasteiger partial charge in [-0.15, -0.1) is 11.6 Å². The SMILES string of the molecule is CC(Cl)CNCc1cccc(F)c1F. The molecule has 0 aliphatic rings. The van der Waals surface area contributed by atoms with Crippen LogP contribution in [-0.4, -0.2) is 11.9 Å². The molecule has 0 amide bonds. The maximum absolute atomic E-state index is 13.1. The molecule has 0 radical (unpaired) electrons. The predicted octanol–water partition coefficient (Wildman–Crippen LogP) is 2.68. The summed E-state index contributed by atoms with van der Waals surface area (Å²) in [4.78, 5) is 0. The molecule has 0 aliphatic carbocycles. The van der Waals surface area contributed by atoms with E-state index in [-0.39, 0.29) is 5.38 Å². The number of rotatable bonds is 4. The van der Waals surface area contributed by atoms with Crippen LogP contribution in [0.3, 0.4) is 0 Å². The quantitative estimate of drug-likeness (QED) is 0.768. The Morgan fingerprint density at radius 2 is 2.14 bits per heavy atom. The van der Waals surface area contributed by atoms with Gasteiger partial charge in [-0.2, -0.15) is 0 Å². The molecule has 1 aromatic carbocycles. The van der Waals surface area contributed by atoms with Crippen molar-refractivity contribution in [2.45, 2.75) is 18.8 Å². The second-order valence-corrected chi connectivity index (χ2v) is 3.87. The van der Waals surface area contributed by atoms with Crippen LogP contribution < -0.4 is 5.32 Å². The Hall–Kier alpha value is -0.670. The van der Waals surface area contributed by atoms with Gasteiger partial charge in [0.25, 0.3) is 0 Å². The van der Waals surface area contributed by atoms with E-state index in [4.69, 9.17) is 11.6 Å². The first kappa shape index (κ1) is 11.4. The van der Waals surface area contributed by atoms with Gasteiger partial charge in [0.15, 0.2) is 11.6 Å². The Morgan fingerprint density at radius 3 is 2.79 bits per heavy atom. The van der Waals surface area contributed by atoms with E-state index in [0.29, 0.717) is 18.7 Å². The Bertz CT molecular complexity index is 302. The molecule has 78 valence electrons. The second kappa shape index (κ2) is 5.27. The number of hydrogen-bond donors (Lipinski definition) is 1. The Labute approximate surface area is 87.1 Å². The van der Waals surface area contributed by atoms with Crippen molar-refractivity contribution < 1.29 is 8.78 Å². The standard InChI is InChI=1S/C10H12ClF2N/c1-7(11)5-14-6-8-3-2-4-9(12)10(8)13/h2-4,7,14H,5-6H2,1H3. The molecule has 0 saturated heterocycles. The monoisotopic (exact) mass is 219 g/mol. The highest BCUT2D eigenvalue weighted by molar-refractivity contribution is 6.20. The first-order chi connectivity index (χ1) is 6.61. The Balaban J connectivity index is 2.54. The van der Waals surface area contributed by atoms with Crippen LogP contribution in [0.4, 0.5) is 8.78 Å². The van der Waals surface area contributed by atoms with Crippen molar-refractivity contribution in [2.24, 2.45) is 0 Å². The van der Waals surface area contributed by atoms with Crippen molar-refractivity contribution in [1.29, 1.82) is 0 Å². The average Bonchev–Trinajstić information content (AvgIpc) is 2.12. The van der Waals surface area contributed by atoms with Gasteiger partial charge in [0.05, 0.1) is 0 Å². The summed E-state index contributed by atoms with van der Waals surface area (Å²) in [7, 11) is 0. The van der Waals surface area contributed by atoms with Crippen LogP contribution in [0.25, 0.3) is 0 Å². The van der Waals surface area contributed by atoms with Gasteiger partial charge >= 0.3 is 0 Å². The molecule has 0 heterocycles. The van der Waals surface area contributed by atoms with E-state index in [9.17, 15) is 8.78 Å². The van der Waals surface area contributed by atoms with E-state index in [2.05, 4.69) is 5.32 Å². The van der Waals surface area contributed by atoms with E-state index in [1.54, 1.807) is 6.07 Å². The first-order valence-corrected chi connectivity index (χ1v) is 4.82. The smallest absolute Gasteiger partial charge is 0.163 e. The van der Waals surface area contributed by atoms with Crippen molar-refractivity contribution in [3.63, 3.8) is 0 Å². The minimum absolute atomic E-state index is 0.0216. The molecular formula is C10H12ClF2N. The van der Waals surface area contributed by atoms with E-state index < -0.39 is 11.6 Å². The van der Waals surface area contributed by atoms with Gasteiger partial charge in [0.2, 0.25) is 0 Å². The summed E-state index contributed by atoms with van der Waals surface area (Å²) in [5.41, 5.74) is 0.322. The second-order valence-electron chi connectivity index (χ2n) is 3.12. The highest BCUT2D eigenvalue weighted by atomic mass is 35.5. The van der Waals surface area contributed by atoms with Gasteiger partial charge in [-0.1, -0.05) is 12.1 Å². The van der Waals surface area contributed by atoms with Gasteiger partial charge < -0.3 is 5.32 Å². The molecule has 0 saturated carbocycles. The molecule has 0 spiro atoms. The lowest BCUT2D eigenvalue weighted by Crippen LogP contribution is -2.21. The molecule has 1 N–H and O–H groups in total. The summed E-state index contributed by atoms with van der Waals surface area (Å²) in [5.74, 6) is -1.61. The van der Waals surface area contributed by atoms with Crippen LogP contribution >= 0.6 is 11.6 Å². The highest BCUT2D eigenvalue weighted by Gasteiger charge is 2.06. The zero-order chi connectivity index (χ0) is 10.6. The topological polar surface area (TPSA) is 12.0 Å². The highest BCUT2D eigenvalue weighted by Crippen LogP contribution is 2.10. The van der Waals surface area contributed by atoms with Crippen LogP contribution in [0.2, 0.25) is 0 Å². The number of alkyl halides is 1. The fourth-order valence-electron chi connectivity index (χ4n) is 1.09. The van der Waals surface area contributed by atoms with Crippen LogP contribution in [0.1, 0.15) is 12.5 Å². The molecule has 1 rings (SSSR count). The molecular weight excluding hydrogens is 208 g/mol. The third kappa shape index (κ3) is 3.24. The van der Waals surface area contributed by atoms with E-state index in [0.717, 1.165) is 6.07 Å². The molecule has 1 atom stereocenters. The third-order valence-electron chi connectivity index (χ3n) is 1.77. The fraction of sp³-hybridized carbons (Fsp3) is 0.400. The predicted molar refractivity (Wildman–Crippen MR) is 53.4 cm³/mol.